The summed E-state index contributed by atoms with van der Waals surface area (Å²) in [6.45, 7) is 7.13. The van der Waals surface area contributed by atoms with E-state index in [4.69, 9.17) is 0 Å². The zero-order chi connectivity index (χ0) is 14.7. The first-order valence-corrected chi connectivity index (χ1v) is 7.61. The van der Waals surface area contributed by atoms with Crippen LogP contribution in [0.5, 0.6) is 0 Å². The largest absolute Gasteiger partial charge is 0.343 e. The molecule has 2 heteroatoms. The van der Waals surface area contributed by atoms with Gasteiger partial charge in [-0.3, -0.25) is 0 Å². The molecule has 2 nitrogen and oxygen atoms in total. The van der Waals surface area contributed by atoms with Crippen LogP contribution in [0.3, 0.4) is 0 Å². The van der Waals surface area contributed by atoms with E-state index in [1.807, 2.05) is 0 Å². The highest BCUT2D eigenvalue weighted by atomic mass is 15.0. The number of fused-ring (bicyclic) bond motifs is 1. The first-order valence-electron chi connectivity index (χ1n) is 7.61. The summed E-state index contributed by atoms with van der Waals surface area (Å²) >= 11 is 0. The van der Waals surface area contributed by atoms with E-state index in [-0.39, 0.29) is 0 Å². The van der Waals surface area contributed by atoms with Gasteiger partial charge in [0.15, 0.2) is 0 Å². The Hall–Kier alpha value is -2.06. The van der Waals surface area contributed by atoms with E-state index < -0.39 is 0 Å². The number of hydrogen-bond acceptors (Lipinski definition) is 1. The fourth-order valence-corrected chi connectivity index (χ4v) is 2.88. The third-order valence-corrected chi connectivity index (χ3v) is 3.87. The van der Waals surface area contributed by atoms with E-state index in [9.17, 15) is 0 Å². The second kappa shape index (κ2) is 6.15. The van der Waals surface area contributed by atoms with Gasteiger partial charge in [-0.15, -0.1) is 0 Å². The minimum atomic E-state index is 0.922. The molecule has 21 heavy (non-hydrogen) atoms. The fourth-order valence-electron chi connectivity index (χ4n) is 2.88. The lowest BCUT2D eigenvalue weighted by atomic mass is 10.1. The van der Waals surface area contributed by atoms with Gasteiger partial charge in [0.1, 0.15) is 0 Å². The van der Waals surface area contributed by atoms with Crippen LogP contribution in [0.4, 0.5) is 0 Å². The molecule has 0 aliphatic rings. The highest BCUT2D eigenvalue weighted by Gasteiger charge is 2.07. The third kappa shape index (κ3) is 3.01. The predicted octanol–water partition coefficient (Wildman–Crippen LogP) is 4.11. The molecule has 1 heterocycles. The zero-order valence-corrected chi connectivity index (χ0v) is 12.8. The van der Waals surface area contributed by atoms with Crippen molar-refractivity contribution in [2.45, 2.75) is 26.9 Å². The molecule has 0 spiro atoms. The Bertz CT molecular complexity index is 740. The molecule has 0 radical (unpaired) electrons. The van der Waals surface area contributed by atoms with Crippen molar-refractivity contribution in [3.8, 4) is 0 Å². The van der Waals surface area contributed by atoms with Crippen molar-refractivity contribution in [3.63, 3.8) is 0 Å². The summed E-state index contributed by atoms with van der Waals surface area (Å²) in [5.74, 6) is 0. The van der Waals surface area contributed by atoms with Crippen molar-refractivity contribution in [2.75, 3.05) is 6.54 Å². The first-order chi connectivity index (χ1) is 10.3. The normalized spacial score (nSPS) is 11.1. The molecule has 3 rings (SSSR count). The summed E-state index contributed by atoms with van der Waals surface area (Å²) in [6, 6.07) is 17.5. The average Bonchev–Trinajstić information content (AvgIpc) is 2.89. The highest BCUT2D eigenvalue weighted by Crippen LogP contribution is 2.21. The summed E-state index contributed by atoms with van der Waals surface area (Å²) in [5.41, 5.74) is 5.38. The van der Waals surface area contributed by atoms with Crippen LogP contribution in [0.1, 0.15) is 23.6 Å². The maximum absolute atomic E-state index is 3.43. The molecule has 3 aromatic rings. The van der Waals surface area contributed by atoms with Crippen molar-refractivity contribution in [3.05, 3.63) is 71.4 Å². The molecule has 0 fully saturated rings. The number of para-hydroxylation sites is 1. The minimum absolute atomic E-state index is 0.922. The van der Waals surface area contributed by atoms with Gasteiger partial charge in [-0.1, -0.05) is 55.0 Å². The van der Waals surface area contributed by atoms with E-state index in [0.717, 1.165) is 19.6 Å². The van der Waals surface area contributed by atoms with Gasteiger partial charge in [0.05, 0.1) is 5.52 Å². The number of hydrogen-bond donors (Lipinski definition) is 1. The average molecular weight is 278 g/mol. The number of rotatable bonds is 5. The summed E-state index contributed by atoms with van der Waals surface area (Å²) in [4.78, 5) is 0. The molecule has 0 aliphatic carbocycles. The summed E-state index contributed by atoms with van der Waals surface area (Å²) in [5, 5.41) is 4.75. The van der Waals surface area contributed by atoms with Crippen LogP contribution in [0.15, 0.2) is 54.7 Å². The Morgan fingerprint density at radius 3 is 2.71 bits per heavy atom. The van der Waals surface area contributed by atoms with Gasteiger partial charge < -0.3 is 9.88 Å². The van der Waals surface area contributed by atoms with Crippen molar-refractivity contribution in [2.24, 2.45) is 0 Å². The van der Waals surface area contributed by atoms with Gasteiger partial charge in [-0.25, -0.2) is 0 Å². The second-order valence-electron chi connectivity index (χ2n) is 5.57. The van der Waals surface area contributed by atoms with Gasteiger partial charge in [-0.05, 0) is 36.0 Å². The number of nitrogens with one attached hydrogen (secondary N) is 1. The second-order valence-corrected chi connectivity index (χ2v) is 5.57. The predicted molar refractivity (Wildman–Crippen MR) is 89.6 cm³/mol. The minimum Gasteiger partial charge on any atom is -0.343 e. The number of nitrogens with zero attached hydrogens (tertiary/aromatic N) is 1. The van der Waals surface area contributed by atoms with Crippen molar-refractivity contribution >= 4 is 10.9 Å². The highest BCUT2D eigenvalue weighted by molar-refractivity contribution is 5.83. The van der Waals surface area contributed by atoms with E-state index >= 15 is 0 Å². The van der Waals surface area contributed by atoms with Crippen LogP contribution in [0, 0.1) is 6.92 Å². The van der Waals surface area contributed by atoms with Crippen LogP contribution < -0.4 is 5.32 Å². The lowest BCUT2D eigenvalue weighted by Crippen LogP contribution is -2.13. The van der Waals surface area contributed by atoms with Gasteiger partial charge in [0.2, 0.25) is 0 Å². The molecule has 1 N–H and O–H groups in total. The van der Waals surface area contributed by atoms with Gasteiger partial charge in [0, 0.05) is 19.3 Å². The lowest BCUT2D eigenvalue weighted by Gasteiger charge is -2.11. The van der Waals surface area contributed by atoms with Crippen LogP contribution in [0.25, 0.3) is 10.9 Å². The zero-order valence-electron chi connectivity index (χ0n) is 12.8. The van der Waals surface area contributed by atoms with E-state index in [0.29, 0.717) is 0 Å². The summed E-state index contributed by atoms with van der Waals surface area (Å²) < 4.78 is 2.36. The Kier molecular flexibility index (Phi) is 4.07. The third-order valence-electron chi connectivity index (χ3n) is 3.87. The molecule has 108 valence electrons. The summed E-state index contributed by atoms with van der Waals surface area (Å²) in [7, 11) is 0. The Labute approximate surface area is 126 Å². The Morgan fingerprint density at radius 2 is 1.90 bits per heavy atom. The molecule has 0 saturated heterocycles. The van der Waals surface area contributed by atoms with E-state index in [1.165, 1.54) is 27.6 Å². The Balaban J connectivity index is 1.98. The molecule has 0 bridgehead atoms. The van der Waals surface area contributed by atoms with Crippen LogP contribution in [-0.4, -0.2) is 11.1 Å². The van der Waals surface area contributed by atoms with Crippen LogP contribution >= 0.6 is 0 Å². The maximum Gasteiger partial charge on any atom is 0.0529 e. The lowest BCUT2D eigenvalue weighted by molar-refractivity contribution is 0.724. The van der Waals surface area contributed by atoms with Crippen molar-refractivity contribution < 1.29 is 0 Å². The summed E-state index contributed by atoms with van der Waals surface area (Å²) in [6.07, 6.45) is 2.20. The number of aromatic nitrogens is 1. The van der Waals surface area contributed by atoms with Crippen LogP contribution in [-0.2, 0) is 13.1 Å². The smallest absolute Gasteiger partial charge is 0.0529 e. The van der Waals surface area contributed by atoms with E-state index in [2.05, 4.69) is 78.5 Å². The van der Waals surface area contributed by atoms with Gasteiger partial charge in [0.25, 0.3) is 0 Å². The van der Waals surface area contributed by atoms with Gasteiger partial charge >= 0.3 is 0 Å². The Morgan fingerprint density at radius 1 is 1.05 bits per heavy atom. The standard InChI is InChI=1S/C19H22N2/c1-3-20-13-18-9-5-8-17-10-11-21(19(17)18)14-16-7-4-6-15(2)12-16/h4-12,20H,3,13-14H2,1-2H3. The maximum atomic E-state index is 3.43. The fraction of sp³-hybridized carbons (Fsp3) is 0.263. The van der Waals surface area contributed by atoms with Crippen molar-refractivity contribution in [1.82, 2.24) is 9.88 Å². The molecule has 0 unspecified atom stereocenters. The SMILES string of the molecule is CCNCc1cccc2ccn(Cc3cccc(C)c3)c12. The molecule has 1 aromatic heterocycles. The molecule has 0 aliphatic heterocycles. The topological polar surface area (TPSA) is 17.0 Å². The van der Waals surface area contributed by atoms with E-state index in [1.54, 1.807) is 0 Å². The molecule has 0 atom stereocenters. The number of benzene rings is 2. The molecular weight excluding hydrogens is 256 g/mol. The monoisotopic (exact) mass is 278 g/mol. The van der Waals surface area contributed by atoms with Gasteiger partial charge in [-0.2, -0.15) is 0 Å². The van der Waals surface area contributed by atoms with Crippen LogP contribution in [0.2, 0.25) is 0 Å². The molecule has 0 amide bonds. The molecule has 2 aromatic carbocycles. The number of aryl methyl sites for hydroxylation is 1. The quantitative estimate of drug-likeness (QED) is 0.743. The molecular formula is C19H22N2. The van der Waals surface area contributed by atoms with Crippen molar-refractivity contribution in [1.29, 1.82) is 0 Å². The molecule has 0 saturated carbocycles. The first kappa shape index (κ1) is 13.9.